The van der Waals surface area contributed by atoms with E-state index >= 15 is 0 Å². The third-order valence-electron chi connectivity index (χ3n) is 18.6. The third-order valence-corrected chi connectivity index (χ3v) is 20.5. The lowest BCUT2D eigenvalue weighted by molar-refractivity contribution is -0.161. The van der Waals surface area contributed by atoms with Gasteiger partial charge in [0.15, 0.2) is 12.2 Å². The number of unbranched alkanes of at least 4 members (excludes halogenated alkanes) is 43. The standard InChI is InChI=1S/C80H156O17P2/c1-70(2)56-48-40-32-26-20-14-11-9-10-12-16-24-30-36-46-54-62-80(85)97-76(67-91-78(83)61-53-45-39-38-43-51-59-73(7)8)69-95-99(88,89)93-65-74(81)64-92-98(86,87)94-68-75(96-79(84)63-55-47-37-31-25-19-18-22-28-34-42-50-58-72(5)6)66-90-77(82)60-52-44-35-29-23-17-13-15-21-27-33-41-49-57-71(3)4/h70-76,81H,9-69H2,1-8H3,(H,86,87)(H,88,89)/t74?,75-,76-/m1/s1. The van der Waals surface area contributed by atoms with E-state index in [0.717, 1.165) is 114 Å². The van der Waals surface area contributed by atoms with E-state index in [-0.39, 0.29) is 25.7 Å². The van der Waals surface area contributed by atoms with E-state index in [2.05, 4.69) is 55.4 Å². The fourth-order valence-electron chi connectivity index (χ4n) is 12.3. The molecule has 0 rings (SSSR count). The van der Waals surface area contributed by atoms with E-state index in [1.54, 1.807) is 0 Å². The number of rotatable bonds is 77. The van der Waals surface area contributed by atoms with Crippen molar-refractivity contribution in [1.29, 1.82) is 0 Å². The smallest absolute Gasteiger partial charge is 0.462 e. The summed E-state index contributed by atoms with van der Waals surface area (Å²) in [5, 5.41) is 10.6. The average molecular weight is 1450 g/mol. The van der Waals surface area contributed by atoms with E-state index < -0.39 is 97.5 Å². The summed E-state index contributed by atoms with van der Waals surface area (Å²) in [5.74, 6) is 0.940. The molecular formula is C80H156O17P2. The summed E-state index contributed by atoms with van der Waals surface area (Å²) in [6.45, 7) is 14.2. The minimum Gasteiger partial charge on any atom is -0.462 e. The molecule has 17 nitrogen and oxygen atoms in total. The van der Waals surface area contributed by atoms with Crippen LogP contribution < -0.4 is 0 Å². The molecule has 0 aromatic carbocycles. The molecule has 0 saturated carbocycles. The van der Waals surface area contributed by atoms with Crippen LogP contribution in [0.1, 0.15) is 409 Å². The largest absolute Gasteiger partial charge is 0.472 e. The van der Waals surface area contributed by atoms with Crippen LogP contribution in [0.25, 0.3) is 0 Å². The van der Waals surface area contributed by atoms with Crippen LogP contribution >= 0.6 is 15.6 Å². The minimum atomic E-state index is -4.96. The molecular weight excluding hydrogens is 1290 g/mol. The first-order valence-electron chi connectivity index (χ1n) is 41.2. The highest BCUT2D eigenvalue weighted by Gasteiger charge is 2.30. The van der Waals surface area contributed by atoms with Crippen LogP contribution in [-0.2, 0) is 65.4 Å². The predicted molar refractivity (Wildman–Crippen MR) is 404 cm³/mol. The average Bonchev–Trinajstić information content (AvgIpc) is 0.972. The van der Waals surface area contributed by atoms with Crippen LogP contribution in [0.2, 0.25) is 0 Å². The second kappa shape index (κ2) is 69.1. The normalized spacial score (nSPS) is 14.1. The summed E-state index contributed by atoms with van der Waals surface area (Å²) in [6, 6.07) is 0. The van der Waals surface area contributed by atoms with Crippen molar-refractivity contribution < 1.29 is 80.2 Å². The maximum atomic E-state index is 13.1. The Bertz CT molecular complexity index is 1940. The lowest BCUT2D eigenvalue weighted by Gasteiger charge is -2.21. The molecule has 0 bridgehead atoms. The third kappa shape index (κ3) is 74.1. The first-order chi connectivity index (χ1) is 47.6. The molecule has 0 aromatic heterocycles. The van der Waals surface area contributed by atoms with Crippen molar-refractivity contribution in [1.82, 2.24) is 0 Å². The van der Waals surface area contributed by atoms with Crippen LogP contribution in [0.15, 0.2) is 0 Å². The molecule has 0 saturated heterocycles. The number of ether oxygens (including phenoxy) is 4. The molecule has 0 aliphatic rings. The summed E-state index contributed by atoms with van der Waals surface area (Å²) in [5.41, 5.74) is 0. The summed E-state index contributed by atoms with van der Waals surface area (Å²) < 4.78 is 68.7. The van der Waals surface area contributed by atoms with Crippen molar-refractivity contribution >= 4 is 39.5 Å². The summed E-state index contributed by atoms with van der Waals surface area (Å²) in [7, 11) is -9.92. The van der Waals surface area contributed by atoms with Crippen LogP contribution in [0, 0.1) is 23.7 Å². The van der Waals surface area contributed by atoms with E-state index in [0.29, 0.717) is 31.6 Å². The zero-order chi connectivity index (χ0) is 73.1. The van der Waals surface area contributed by atoms with Gasteiger partial charge in [-0.3, -0.25) is 37.3 Å². The zero-order valence-corrected chi connectivity index (χ0v) is 66.9. The molecule has 5 atom stereocenters. The van der Waals surface area contributed by atoms with Gasteiger partial charge in [-0.15, -0.1) is 0 Å². The van der Waals surface area contributed by atoms with Gasteiger partial charge in [0, 0.05) is 25.7 Å². The van der Waals surface area contributed by atoms with Crippen molar-refractivity contribution in [2.75, 3.05) is 39.6 Å². The second-order valence-corrected chi connectivity index (χ2v) is 33.6. The summed E-state index contributed by atoms with van der Waals surface area (Å²) in [4.78, 5) is 72.9. The Morgan fingerprint density at radius 2 is 0.424 bits per heavy atom. The number of aliphatic hydroxyl groups excluding tert-OH is 1. The molecule has 0 aromatic rings. The molecule has 99 heavy (non-hydrogen) atoms. The van der Waals surface area contributed by atoms with Gasteiger partial charge in [0.2, 0.25) is 0 Å². The van der Waals surface area contributed by atoms with Crippen molar-refractivity contribution in [3.8, 4) is 0 Å². The molecule has 0 aliphatic heterocycles. The highest BCUT2D eigenvalue weighted by Crippen LogP contribution is 2.45. The van der Waals surface area contributed by atoms with Crippen molar-refractivity contribution in [2.24, 2.45) is 23.7 Å². The predicted octanol–water partition coefficient (Wildman–Crippen LogP) is 23.6. The van der Waals surface area contributed by atoms with Crippen LogP contribution in [0.5, 0.6) is 0 Å². The maximum Gasteiger partial charge on any atom is 0.472 e. The van der Waals surface area contributed by atoms with E-state index in [1.807, 2.05) is 0 Å². The Hall–Kier alpha value is -1.94. The number of carbonyl (C=O) groups is 4. The quantitative estimate of drug-likeness (QED) is 0.0222. The maximum absolute atomic E-state index is 13.1. The molecule has 588 valence electrons. The number of esters is 4. The van der Waals surface area contributed by atoms with Gasteiger partial charge >= 0.3 is 39.5 Å². The van der Waals surface area contributed by atoms with Gasteiger partial charge < -0.3 is 33.8 Å². The molecule has 0 aliphatic carbocycles. The lowest BCUT2D eigenvalue weighted by Crippen LogP contribution is -2.30. The monoisotopic (exact) mass is 1450 g/mol. The van der Waals surface area contributed by atoms with Gasteiger partial charge in [0.1, 0.15) is 19.3 Å². The minimum absolute atomic E-state index is 0.107. The molecule has 3 unspecified atom stereocenters. The number of hydrogen-bond donors (Lipinski definition) is 3. The van der Waals surface area contributed by atoms with E-state index in [1.165, 1.54) is 205 Å². The Balaban J connectivity index is 5.21. The van der Waals surface area contributed by atoms with Gasteiger partial charge in [0.05, 0.1) is 26.4 Å². The topological polar surface area (TPSA) is 237 Å². The zero-order valence-electron chi connectivity index (χ0n) is 65.1. The SMILES string of the molecule is CC(C)CCCCCCCCCCCCCCCCCCC(=O)O[C@H](COC(=O)CCCCCCCCC(C)C)COP(=O)(O)OCC(O)COP(=O)(O)OC[C@@H](COC(=O)CCCCCCCCCCCCCCCC(C)C)OC(=O)CCCCCCCCCCCCCCC(C)C. The Morgan fingerprint density at radius 1 is 0.253 bits per heavy atom. The first-order valence-corrected chi connectivity index (χ1v) is 44.2. The van der Waals surface area contributed by atoms with Gasteiger partial charge in [-0.1, -0.05) is 357 Å². The van der Waals surface area contributed by atoms with Gasteiger partial charge in [0.25, 0.3) is 0 Å². The molecule has 19 heteroatoms. The molecule has 0 amide bonds. The number of phosphoric acid groups is 2. The highest BCUT2D eigenvalue weighted by molar-refractivity contribution is 7.47. The number of hydrogen-bond acceptors (Lipinski definition) is 15. The molecule has 0 spiro atoms. The van der Waals surface area contributed by atoms with Crippen LogP contribution in [-0.4, -0.2) is 96.7 Å². The Kier molecular flexibility index (Phi) is 67.8. The van der Waals surface area contributed by atoms with E-state index in [9.17, 15) is 43.2 Å². The van der Waals surface area contributed by atoms with Crippen LogP contribution in [0.3, 0.4) is 0 Å². The number of aliphatic hydroxyl groups is 1. The fourth-order valence-corrected chi connectivity index (χ4v) is 13.8. The number of phosphoric ester groups is 2. The molecule has 0 heterocycles. The second-order valence-electron chi connectivity index (χ2n) is 30.7. The van der Waals surface area contributed by atoms with E-state index in [4.69, 9.17) is 37.0 Å². The van der Waals surface area contributed by atoms with Gasteiger partial charge in [-0.25, -0.2) is 9.13 Å². The van der Waals surface area contributed by atoms with Gasteiger partial charge in [-0.2, -0.15) is 0 Å². The molecule has 0 fully saturated rings. The van der Waals surface area contributed by atoms with Crippen molar-refractivity contribution in [3.05, 3.63) is 0 Å². The molecule has 3 N–H and O–H groups in total. The van der Waals surface area contributed by atoms with Crippen LogP contribution in [0.4, 0.5) is 0 Å². The fraction of sp³-hybridized carbons (Fsp3) is 0.950. The first kappa shape index (κ1) is 97.1. The highest BCUT2D eigenvalue weighted by atomic mass is 31.2. The summed E-state index contributed by atoms with van der Waals surface area (Å²) in [6.07, 6.45) is 55.6. The van der Waals surface area contributed by atoms with Crippen molar-refractivity contribution in [2.45, 2.75) is 427 Å². The summed E-state index contributed by atoms with van der Waals surface area (Å²) >= 11 is 0. The van der Waals surface area contributed by atoms with Gasteiger partial charge in [-0.05, 0) is 49.4 Å². The Morgan fingerprint density at radius 3 is 0.626 bits per heavy atom. The molecule has 0 radical (unpaired) electrons. The lowest BCUT2D eigenvalue weighted by atomic mass is 10.0. The number of carbonyl (C=O) groups excluding carboxylic acids is 4. The Labute approximate surface area is 607 Å². The van der Waals surface area contributed by atoms with Crippen molar-refractivity contribution in [3.63, 3.8) is 0 Å².